The largest absolute Gasteiger partial charge is 0.453 e. The van der Waals surface area contributed by atoms with Crippen molar-refractivity contribution in [3.63, 3.8) is 0 Å². The molecule has 0 saturated heterocycles. The number of imidazole rings is 1. The van der Waals surface area contributed by atoms with Gasteiger partial charge in [-0.15, -0.1) is 0 Å². The number of anilines is 2. The highest BCUT2D eigenvalue weighted by Crippen LogP contribution is 2.34. The number of aromatic amines is 1. The number of rotatable bonds is 2. The second kappa shape index (κ2) is 8.03. The summed E-state index contributed by atoms with van der Waals surface area (Å²) in [6.45, 7) is 1.87. The zero-order valence-electron chi connectivity index (χ0n) is 15.3. The van der Waals surface area contributed by atoms with E-state index in [0.717, 1.165) is 18.4 Å². The van der Waals surface area contributed by atoms with Crippen LogP contribution in [0.1, 0.15) is 43.1 Å². The molecule has 8 heteroatoms. The van der Waals surface area contributed by atoms with Gasteiger partial charge in [0.15, 0.2) is 0 Å². The van der Waals surface area contributed by atoms with Crippen molar-refractivity contribution in [2.75, 3.05) is 17.7 Å². The molecule has 0 radical (unpaired) electrons. The van der Waals surface area contributed by atoms with E-state index in [4.69, 9.17) is 0 Å². The summed E-state index contributed by atoms with van der Waals surface area (Å²) < 4.78 is 4.61. The zero-order chi connectivity index (χ0) is 19.4. The molecule has 3 N–H and O–H groups in total. The van der Waals surface area contributed by atoms with Gasteiger partial charge in [0.2, 0.25) is 5.91 Å². The molecule has 0 fully saturated rings. The number of aryl methyl sites for hydroxylation is 1. The summed E-state index contributed by atoms with van der Waals surface area (Å²) in [4.78, 5) is 43.1. The summed E-state index contributed by atoms with van der Waals surface area (Å²) in [6.07, 6.45) is 2.75. The van der Waals surface area contributed by atoms with Crippen LogP contribution in [0.4, 0.5) is 16.2 Å². The van der Waals surface area contributed by atoms with Gasteiger partial charge in [0.25, 0.3) is 0 Å². The average Bonchev–Trinajstić information content (AvgIpc) is 3.02. The molecule has 2 aromatic rings. The predicted octanol–water partition coefficient (Wildman–Crippen LogP) is 3.36. The topological polar surface area (TPSA) is 113 Å². The normalized spacial score (nSPS) is 17.0. The highest BCUT2D eigenvalue weighted by Gasteiger charge is 2.21. The van der Waals surface area contributed by atoms with Gasteiger partial charge >= 0.3 is 6.09 Å². The molecule has 1 atom stereocenters. The fraction of sp³-hybridized carbons (Fsp3) is 0.368. The van der Waals surface area contributed by atoms with Crippen molar-refractivity contribution in [1.82, 2.24) is 9.97 Å². The van der Waals surface area contributed by atoms with Crippen LogP contribution in [0.2, 0.25) is 0 Å². The Balaban J connectivity index is 2.08. The molecule has 1 aromatic heterocycles. The van der Waals surface area contributed by atoms with E-state index in [2.05, 4.69) is 25.3 Å². The molecule has 1 aromatic carbocycles. The molecule has 1 aliphatic heterocycles. The van der Waals surface area contributed by atoms with Crippen LogP contribution in [0.3, 0.4) is 0 Å². The first-order valence-electron chi connectivity index (χ1n) is 8.83. The summed E-state index contributed by atoms with van der Waals surface area (Å²) in [7, 11) is 1.28. The number of carbonyl (C=O) groups is 3. The minimum absolute atomic E-state index is 0.122. The van der Waals surface area contributed by atoms with E-state index >= 15 is 0 Å². The molecule has 142 valence electrons. The molecule has 2 amide bonds. The lowest BCUT2D eigenvalue weighted by Crippen LogP contribution is -2.14. The number of H-pyrrole nitrogens is 1. The van der Waals surface area contributed by atoms with Crippen LogP contribution in [0.15, 0.2) is 18.2 Å². The van der Waals surface area contributed by atoms with Crippen LogP contribution in [-0.2, 0) is 14.3 Å². The fourth-order valence-electron chi connectivity index (χ4n) is 3.15. The maximum Gasteiger partial charge on any atom is 0.411 e. The Morgan fingerprint density at radius 1 is 1.37 bits per heavy atom. The Labute approximate surface area is 156 Å². The number of methoxy groups -OCH3 is 1. The Hall–Kier alpha value is -3.16. The molecule has 27 heavy (non-hydrogen) atoms. The maximum absolute atomic E-state index is 12.3. The summed E-state index contributed by atoms with van der Waals surface area (Å²) in [5.74, 6) is 0.193. The minimum atomic E-state index is -0.596. The monoisotopic (exact) mass is 370 g/mol. The molecule has 0 aliphatic carbocycles. The van der Waals surface area contributed by atoms with Crippen LogP contribution in [0, 0.1) is 6.92 Å². The first-order chi connectivity index (χ1) is 13.0. The molecular formula is C19H22N4O4. The smallest absolute Gasteiger partial charge is 0.411 e. The van der Waals surface area contributed by atoms with Crippen molar-refractivity contribution in [3.8, 4) is 11.3 Å². The van der Waals surface area contributed by atoms with Crippen molar-refractivity contribution in [2.45, 2.75) is 38.5 Å². The molecule has 0 saturated carbocycles. The van der Waals surface area contributed by atoms with Crippen molar-refractivity contribution in [1.29, 1.82) is 0 Å². The molecule has 3 rings (SSSR count). The van der Waals surface area contributed by atoms with Gasteiger partial charge in [-0.3, -0.25) is 10.1 Å². The number of fused-ring (bicyclic) bond motifs is 4. The van der Waals surface area contributed by atoms with Crippen LogP contribution < -0.4 is 10.6 Å². The second-order valence-corrected chi connectivity index (χ2v) is 6.51. The van der Waals surface area contributed by atoms with Gasteiger partial charge in [0.05, 0.1) is 24.4 Å². The molecule has 2 bridgehead atoms. The molecule has 8 nitrogen and oxygen atoms in total. The Morgan fingerprint density at radius 2 is 2.19 bits per heavy atom. The van der Waals surface area contributed by atoms with Crippen molar-refractivity contribution in [3.05, 3.63) is 29.7 Å². The number of carbonyl (C=O) groups excluding carboxylic acids is 3. The molecule has 2 heterocycles. The number of aldehydes is 1. The van der Waals surface area contributed by atoms with E-state index in [0.29, 0.717) is 47.7 Å². The second-order valence-electron chi connectivity index (χ2n) is 6.51. The van der Waals surface area contributed by atoms with E-state index < -0.39 is 6.09 Å². The van der Waals surface area contributed by atoms with Crippen LogP contribution in [0.5, 0.6) is 0 Å². The number of amides is 2. The number of aromatic nitrogens is 2. The minimum Gasteiger partial charge on any atom is -0.453 e. The lowest BCUT2D eigenvalue weighted by atomic mass is 10.0. The van der Waals surface area contributed by atoms with Crippen LogP contribution in [0.25, 0.3) is 11.3 Å². The number of nitrogens with zero attached hydrogens (tertiary/aromatic N) is 1. The van der Waals surface area contributed by atoms with E-state index in [1.165, 1.54) is 7.11 Å². The van der Waals surface area contributed by atoms with Gasteiger partial charge in [-0.25, -0.2) is 9.78 Å². The van der Waals surface area contributed by atoms with E-state index in [9.17, 15) is 14.4 Å². The number of benzene rings is 1. The van der Waals surface area contributed by atoms with E-state index in [1.807, 2.05) is 6.92 Å². The summed E-state index contributed by atoms with van der Waals surface area (Å²) in [5, 5.41) is 5.49. The zero-order valence-corrected chi connectivity index (χ0v) is 15.3. The van der Waals surface area contributed by atoms with E-state index in [1.54, 1.807) is 18.2 Å². The van der Waals surface area contributed by atoms with Gasteiger partial charge in [-0.05, 0) is 38.0 Å². The fourth-order valence-corrected chi connectivity index (χ4v) is 3.15. The molecular weight excluding hydrogens is 348 g/mol. The van der Waals surface area contributed by atoms with Crippen molar-refractivity contribution in [2.24, 2.45) is 0 Å². The third-order valence-corrected chi connectivity index (χ3v) is 4.57. The highest BCUT2D eigenvalue weighted by atomic mass is 16.5. The lowest BCUT2D eigenvalue weighted by Gasteiger charge is -2.14. The first kappa shape index (κ1) is 18.6. The van der Waals surface area contributed by atoms with Crippen molar-refractivity contribution < 1.29 is 19.1 Å². The highest BCUT2D eigenvalue weighted by molar-refractivity contribution is 5.97. The standard InChI is InChI=1S/C19H22N4O4/c1-11-17-14-8-7-13(21-19(26)27-2)9-15(14)22-16(25)6-4-3-5-12(10-24)18(20-11)23-17/h7-10,12H,3-6H2,1-2H3,(H,20,23)(H,21,26)(H,22,25). The Morgan fingerprint density at radius 3 is 2.93 bits per heavy atom. The van der Waals surface area contributed by atoms with Gasteiger partial charge < -0.3 is 19.8 Å². The van der Waals surface area contributed by atoms with Crippen LogP contribution in [-0.4, -0.2) is 35.4 Å². The molecule has 1 aliphatic rings. The summed E-state index contributed by atoms with van der Waals surface area (Å²) in [6, 6.07) is 5.15. The SMILES string of the molecule is COC(=O)Nc1ccc2c(c1)NC(=O)CCCCC(C=O)c1nc-2c(C)[nH]1. The molecule has 1 unspecified atom stereocenters. The average molecular weight is 370 g/mol. The predicted molar refractivity (Wildman–Crippen MR) is 101 cm³/mol. The van der Waals surface area contributed by atoms with E-state index in [-0.39, 0.29) is 11.8 Å². The lowest BCUT2D eigenvalue weighted by molar-refractivity contribution is -0.116. The Bertz CT molecular complexity index is 875. The third kappa shape index (κ3) is 4.16. The van der Waals surface area contributed by atoms with Gasteiger partial charge in [-0.1, -0.05) is 6.42 Å². The van der Waals surface area contributed by atoms with Gasteiger partial charge in [0, 0.05) is 23.4 Å². The van der Waals surface area contributed by atoms with Gasteiger partial charge in [0.1, 0.15) is 12.1 Å². The summed E-state index contributed by atoms with van der Waals surface area (Å²) >= 11 is 0. The molecule has 0 spiro atoms. The summed E-state index contributed by atoms with van der Waals surface area (Å²) in [5.41, 5.74) is 3.21. The third-order valence-electron chi connectivity index (χ3n) is 4.57. The van der Waals surface area contributed by atoms with Crippen molar-refractivity contribution >= 4 is 29.7 Å². The number of nitrogens with one attached hydrogen (secondary N) is 3. The Kier molecular flexibility index (Phi) is 5.54. The first-order valence-corrected chi connectivity index (χ1v) is 8.83. The number of ether oxygens (including phenoxy) is 1. The van der Waals surface area contributed by atoms with Gasteiger partial charge in [-0.2, -0.15) is 0 Å². The van der Waals surface area contributed by atoms with Crippen LogP contribution >= 0.6 is 0 Å². The quantitative estimate of drug-likeness (QED) is 0.702. The maximum atomic E-state index is 12.3. The number of hydrogen-bond acceptors (Lipinski definition) is 5. The number of hydrogen-bond donors (Lipinski definition) is 3.